The van der Waals surface area contributed by atoms with Gasteiger partial charge in [-0.1, -0.05) is 42.5 Å². The summed E-state index contributed by atoms with van der Waals surface area (Å²) in [7, 11) is 1.69. The van der Waals surface area contributed by atoms with Gasteiger partial charge in [0.2, 0.25) is 0 Å². The molecule has 0 spiro atoms. The van der Waals surface area contributed by atoms with Crippen molar-refractivity contribution in [3.63, 3.8) is 0 Å². The Balaban J connectivity index is 2.60. The second kappa shape index (κ2) is 5.02. The molecule has 0 saturated heterocycles. The normalized spacial score (nSPS) is 12.2. The maximum Gasteiger partial charge on any atom is 0.126 e. The number of para-hydroxylation sites is 1. The monoisotopic (exact) mass is 227 g/mol. The zero-order valence-corrected chi connectivity index (χ0v) is 10.2. The summed E-state index contributed by atoms with van der Waals surface area (Å²) in [4.78, 5) is 0. The van der Waals surface area contributed by atoms with Crippen LogP contribution in [0.5, 0.6) is 5.75 Å². The van der Waals surface area contributed by atoms with Crippen molar-refractivity contribution < 1.29 is 4.74 Å². The molecule has 2 rings (SSSR count). The van der Waals surface area contributed by atoms with E-state index in [1.165, 1.54) is 0 Å². The van der Waals surface area contributed by atoms with Gasteiger partial charge in [-0.25, -0.2) is 0 Å². The molecule has 0 amide bonds. The van der Waals surface area contributed by atoms with Crippen LogP contribution in [0.15, 0.2) is 48.5 Å². The van der Waals surface area contributed by atoms with Crippen molar-refractivity contribution >= 4 is 0 Å². The molecular weight excluding hydrogens is 210 g/mol. The Morgan fingerprint density at radius 1 is 0.941 bits per heavy atom. The molecule has 2 heteroatoms. The van der Waals surface area contributed by atoms with Gasteiger partial charge in [-0.2, -0.15) is 0 Å². The van der Waals surface area contributed by atoms with Crippen LogP contribution in [0.25, 0.3) is 11.1 Å². The van der Waals surface area contributed by atoms with Crippen molar-refractivity contribution in [1.29, 1.82) is 0 Å². The molecule has 2 N–H and O–H groups in total. The second-order valence-corrected chi connectivity index (χ2v) is 4.08. The average molecular weight is 227 g/mol. The summed E-state index contributed by atoms with van der Waals surface area (Å²) in [6, 6.07) is 16.2. The maximum atomic E-state index is 6.00. The van der Waals surface area contributed by atoms with Crippen LogP contribution < -0.4 is 10.5 Å². The van der Waals surface area contributed by atoms with Crippen molar-refractivity contribution in [1.82, 2.24) is 0 Å². The fraction of sp³-hybridized carbons (Fsp3) is 0.200. The third kappa shape index (κ3) is 2.32. The zero-order valence-electron chi connectivity index (χ0n) is 10.2. The Labute approximate surface area is 102 Å². The van der Waals surface area contributed by atoms with E-state index < -0.39 is 0 Å². The van der Waals surface area contributed by atoms with Gasteiger partial charge in [-0.05, 0) is 24.1 Å². The number of methoxy groups -OCH3 is 1. The highest BCUT2D eigenvalue weighted by Crippen LogP contribution is 2.33. The topological polar surface area (TPSA) is 35.2 Å². The first-order chi connectivity index (χ1) is 8.24. The summed E-state index contributed by atoms with van der Waals surface area (Å²) >= 11 is 0. The van der Waals surface area contributed by atoms with Gasteiger partial charge in [-0.15, -0.1) is 0 Å². The highest BCUT2D eigenvalue weighted by Gasteiger charge is 2.11. The van der Waals surface area contributed by atoms with Crippen molar-refractivity contribution in [2.24, 2.45) is 5.73 Å². The fourth-order valence-corrected chi connectivity index (χ4v) is 2.01. The van der Waals surface area contributed by atoms with Gasteiger partial charge in [-0.3, -0.25) is 0 Å². The molecule has 88 valence electrons. The molecule has 2 aromatic rings. The minimum Gasteiger partial charge on any atom is -0.496 e. The first kappa shape index (κ1) is 11.7. The second-order valence-electron chi connectivity index (χ2n) is 4.08. The molecule has 0 aliphatic heterocycles. The number of hydrogen-bond donors (Lipinski definition) is 1. The molecule has 2 nitrogen and oxygen atoms in total. The van der Waals surface area contributed by atoms with Gasteiger partial charge in [0, 0.05) is 11.6 Å². The molecule has 1 unspecified atom stereocenters. The lowest BCUT2D eigenvalue weighted by atomic mass is 9.95. The van der Waals surface area contributed by atoms with E-state index in [-0.39, 0.29) is 6.04 Å². The number of ether oxygens (including phenoxy) is 1. The van der Waals surface area contributed by atoms with E-state index in [1.807, 2.05) is 37.3 Å². The lowest BCUT2D eigenvalue weighted by Crippen LogP contribution is -2.06. The van der Waals surface area contributed by atoms with Crippen LogP contribution in [0.3, 0.4) is 0 Å². The molecule has 0 saturated carbocycles. The predicted molar refractivity (Wildman–Crippen MR) is 71.0 cm³/mol. The van der Waals surface area contributed by atoms with E-state index in [4.69, 9.17) is 10.5 Å². The summed E-state index contributed by atoms with van der Waals surface area (Å²) in [5.41, 5.74) is 9.36. The Morgan fingerprint density at radius 3 is 2.18 bits per heavy atom. The molecular formula is C15H17NO. The van der Waals surface area contributed by atoms with Crippen molar-refractivity contribution in [2.45, 2.75) is 13.0 Å². The molecule has 1 atom stereocenters. The van der Waals surface area contributed by atoms with Gasteiger partial charge in [0.1, 0.15) is 5.75 Å². The number of rotatable bonds is 3. The van der Waals surface area contributed by atoms with Crippen LogP contribution in [0.1, 0.15) is 18.5 Å². The van der Waals surface area contributed by atoms with Gasteiger partial charge in [0.05, 0.1) is 7.11 Å². The molecule has 17 heavy (non-hydrogen) atoms. The van der Waals surface area contributed by atoms with Crippen LogP contribution in [-0.4, -0.2) is 7.11 Å². The van der Waals surface area contributed by atoms with Gasteiger partial charge < -0.3 is 10.5 Å². The lowest BCUT2D eigenvalue weighted by Gasteiger charge is -2.15. The molecule has 0 aromatic heterocycles. The van der Waals surface area contributed by atoms with E-state index in [0.29, 0.717) is 0 Å². The van der Waals surface area contributed by atoms with Gasteiger partial charge in [0.15, 0.2) is 0 Å². The summed E-state index contributed by atoms with van der Waals surface area (Å²) < 4.78 is 5.39. The largest absolute Gasteiger partial charge is 0.496 e. The van der Waals surface area contributed by atoms with Crippen molar-refractivity contribution in [3.05, 3.63) is 54.1 Å². The van der Waals surface area contributed by atoms with Crippen LogP contribution >= 0.6 is 0 Å². The maximum absolute atomic E-state index is 6.00. The molecule has 0 radical (unpaired) electrons. The SMILES string of the molecule is COc1ccccc1-c1ccccc1C(C)N. The summed E-state index contributed by atoms with van der Waals surface area (Å²) in [6.07, 6.45) is 0. The average Bonchev–Trinajstić information content (AvgIpc) is 2.38. The van der Waals surface area contributed by atoms with E-state index >= 15 is 0 Å². The fourth-order valence-electron chi connectivity index (χ4n) is 2.01. The van der Waals surface area contributed by atoms with Crippen molar-refractivity contribution in [3.8, 4) is 16.9 Å². The summed E-state index contributed by atoms with van der Waals surface area (Å²) in [5, 5.41) is 0. The number of hydrogen-bond acceptors (Lipinski definition) is 2. The van der Waals surface area contributed by atoms with Gasteiger partial charge >= 0.3 is 0 Å². The smallest absolute Gasteiger partial charge is 0.126 e. The Morgan fingerprint density at radius 2 is 1.53 bits per heavy atom. The quantitative estimate of drug-likeness (QED) is 0.872. The van der Waals surface area contributed by atoms with Crippen LogP contribution in [0.4, 0.5) is 0 Å². The highest BCUT2D eigenvalue weighted by molar-refractivity contribution is 5.73. The van der Waals surface area contributed by atoms with Gasteiger partial charge in [0.25, 0.3) is 0 Å². The first-order valence-corrected chi connectivity index (χ1v) is 5.72. The molecule has 0 bridgehead atoms. The Bertz CT molecular complexity index is 506. The van der Waals surface area contributed by atoms with Crippen LogP contribution in [0.2, 0.25) is 0 Å². The number of benzene rings is 2. The highest BCUT2D eigenvalue weighted by atomic mass is 16.5. The molecule has 0 fully saturated rings. The van der Waals surface area contributed by atoms with E-state index in [1.54, 1.807) is 7.11 Å². The third-order valence-electron chi connectivity index (χ3n) is 2.85. The zero-order chi connectivity index (χ0) is 12.3. The van der Waals surface area contributed by atoms with E-state index in [0.717, 1.165) is 22.4 Å². The van der Waals surface area contributed by atoms with E-state index in [2.05, 4.69) is 18.2 Å². The Hall–Kier alpha value is -1.80. The minimum absolute atomic E-state index is 0.0103. The lowest BCUT2D eigenvalue weighted by molar-refractivity contribution is 0.416. The molecule has 0 heterocycles. The molecule has 0 aliphatic carbocycles. The predicted octanol–water partition coefficient (Wildman–Crippen LogP) is 3.38. The molecule has 0 aliphatic rings. The number of nitrogens with two attached hydrogens (primary N) is 1. The summed E-state index contributed by atoms with van der Waals surface area (Å²) in [6.45, 7) is 1.99. The summed E-state index contributed by atoms with van der Waals surface area (Å²) in [5.74, 6) is 0.876. The first-order valence-electron chi connectivity index (χ1n) is 5.72. The van der Waals surface area contributed by atoms with Crippen LogP contribution in [0, 0.1) is 0 Å². The van der Waals surface area contributed by atoms with Crippen LogP contribution in [-0.2, 0) is 0 Å². The van der Waals surface area contributed by atoms with Crippen molar-refractivity contribution in [2.75, 3.05) is 7.11 Å². The Kier molecular flexibility index (Phi) is 3.45. The standard InChI is InChI=1S/C15H17NO/c1-11(16)12-7-3-4-8-13(12)14-9-5-6-10-15(14)17-2/h3-11H,16H2,1-2H3. The van der Waals surface area contributed by atoms with E-state index in [9.17, 15) is 0 Å². The molecule has 2 aromatic carbocycles. The third-order valence-corrected chi connectivity index (χ3v) is 2.85. The minimum atomic E-state index is 0.0103.